The Morgan fingerprint density at radius 3 is 2.26 bits per heavy atom. The van der Waals surface area contributed by atoms with Gasteiger partial charge in [-0.1, -0.05) is 49.2 Å². The molecule has 11 heteroatoms. The molecule has 3 rings (SSSR count). The van der Waals surface area contributed by atoms with Crippen LogP contribution in [0.25, 0.3) is 0 Å². The molecule has 0 unspecified atom stereocenters. The van der Waals surface area contributed by atoms with E-state index in [1.807, 2.05) is 6.92 Å². The summed E-state index contributed by atoms with van der Waals surface area (Å²) in [7, 11) is -2.70. The van der Waals surface area contributed by atoms with Crippen LogP contribution in [0.3, 0.4) is 0 Å². The Bertz CT molecular complexity index is 1430. The summed E-state index contributed by atoms with van der Waals surface area (Å²) in [5.41, 5.74) is 0.950. The largest absolute Gasteiger partial charge is 0.497 e. The molecule has 0 bridgehead atoms. The maximum Gasteiger partial charge on any atom is 0.264 e. The van der Waals surface area contributed by atoms with Gasteiger partial charge in [0.1, 0.15) is 24.1 Å². The number of nitrogens with one attached hydrogen (secondary N) is 1. The van der Waals surface area contributed by atoms with Crippen molar-refractivity contribution in [2.75, 3.05) is 31.1 Å². The first-order valence-corrected chi connectivity index (χ1v) is 15.6. The van der Waals surface area contributed by atoms with E-state index in [-0.39, 0.29) is 23.0 Å². The molecule has 3 aromatic carbocycles. The molecule has 3 aromatic rings. The summed E-state index contributed by atoms with van der Waals surface area (Å²) in [6, 6.07) is 18.6. The molecule has 0 aromatic heterocycles. The Hall–Kier alpha value is -3.76. The second kappa shape index (κ2) is 15.5. The Kier molecular flexibility index (Phi) is 12.1. The normalized spacial score (nSPS) is 11.8. The minimum atomic E-state index is -4.26. The molecule has 42 heavy (non-hydrogen) atoms. The van der Waals surface area contributed by atoms with Crippen molar-refractivity contribution in [2.45, 2.75) is 51.1 Å². The first-order valence-electron chi connectivity index (χ1n) is 13.8. The Balaban J connectivity index is 2.04. The number of sulfonamides is 1. The van der Waals surface area contributed by atoms with Gasteiger partial charge in [0.2, 0.25) is 11.8 Å². The summed E-state index contributed by atoms with van der Waals surface area (Å²) in [6.45, 7) is 5.71. The van der Waals surface area contributed by atoms with E-state index in [4.69, 9.17) is 21.1 Å². The number of carbonyl (C=O) groups excluding carboxylic acids is 2. The first kappa shape index (κ1) is 32.8. The van der Waals surface area contributed by atoms with Crippen LogP contribution >= 0.6 is 11.6 Å². The second-order valence-corrected chi connectivity index (χ2v) is 11.9. The number of hydrogen-bond acceptors (Lipinski definition) is 6. The Morgan fingerprint density at radius 2 is 1.64 bits per heavy atom. The highest BCUT2D eigenvalue weighted by Crippen LogP contribution is 2.33. The minimum absolute atomic E-state index is 0.0435. The number of benzene rings is 3. The van der Waals surface area contributed by atoms with Crippen molar-refractivity contribution in [3.05, 3.63) is 83.4 Å². The second-order valence-electron chi connectivity index (χ2n) is 9.56. The monoisotopic (exact) mass is 615 g/mol. The van der Waals surface area contributed by atoms with Crippen molar-refractivity contribution in [1.29, 1.82) is 0 Å². The molecule has 0 saturated carbocycles. The highest BCUT2D eigenvalue weighted by molar-refractivity contribution is 7.92. The van der Waals surface area contributed by atoms with Crippen LogP contribution in [0.4, 0.5) is 5.69 Å². The number of carbonyl (C=O) groups is 2. The summed E-state index contributed by atoms with van der Waals surface area (Å²) in [4.78, 5) is 28.5. The molecule has 0 heterocycles. The smallest absolute Gasteiger partial charge is 0.264 e. The average Bonchev–Trinajstić information content (AvgIpc) is 2.99. The molecule has 0 aliphatic rings. The lowest BCUT2D eigenvalue weighted by atomic mass is 10.1. The quantitative estimate of drug-likeness (QED) is 0.233. The molecular weight excluding hydrogens is 578 g/mol. The third-order valence-corrected chi connectivity index (χ3v) is 8.65. The molecule has 1 atom stereocenters. The van der Waals surface area contributed by atoms with Gasteiger partial charge in [-0.2, -0.15) is 0 Å². The van der Waals surface area contributed by atoms with Gasteiger partial charge in [-0.05, 0) is 74.4 Å². The highest BCUT2D eigenvalue weighted by Gasteiger charge is 2.33. The molecule has 0 aliphatic carbocycles. The number of hydrogen-bond donors (Lipinski definition) is 1. The van der Waals surface area contributed by atoms with Crippen LogP contribution in [-0.4, -0.2) is 58.0 Å². The van der Waals surface area contributed by atoms with Crippen LogP contribution in [0.15, 0.2) is 77.7 Å². The Labute approximate surface area is 253 Å². The highest BCUT2D eigenvalue weighted by atomic mass is 35.5. The SMILES string of the molecule is CCCCNC(=O)[C@H](C)N(Cc1ccc(OC)cc1)C(=O)CN(c1ccccc1OCC)S(=O)(=O)c1ccc(Cl)cc1. The van der Waals surface area contributed by atoms with Crippen LogP contribution in [0.1, 0.15) is 39.2 Å². The zero-order valence-corrected chi connectivity index (χ0v) is 26.0. The lowest BCUT2D eigenvalue weighted by molar-refractivity contribution is -0.139. The van der Waals surface area contributed by atoms with E-state index in [0.717, 1.165) is 22.7 Å². The van der Waals surface area contributed by atoms with E-state index in [2.05, 4.69) is 5.32 Å². The van der Waals surface area contributed by atoms with E-state index in [9.17, 15) is 18.0 Å². The van der Waals surface area contributed by atoms with Gasteiger partial charge in [0.15, 0.2) is 0 Å². The van der Waals surface area contributed by atoms with Gasteiger partial charge in [-0.3, -0.25) is 13.9 Å². The lowest BCUT2D eigenvalue weighted by Gasteiger charge is -2.32. The maximum absolute atomic E-state index is 14.1. The van der Waals surface area contributed by atoms with Crippen molar-refractivity contribution < 1.29 is 27.5 Å². The molecule has 0 radical (unpaired) electrons. The minimum Gasteiger partial charge on any atom is -0.497 e. The van der Waals surface area contributed by atoms with E-state index in [1.165, 1.54) is 29.2 Å². The van der Waals surface area contributed by atoms with Gasteiger partial charge in [0, 0.05) is 18.1 Å². The third kappa shape index (κ3) is 8.39. The van der Waals surface area contributed by atoms with Gasteiger partial charge in [0.05, 0.1) is 24.3 Å². The van der Waals surface area contributed by atoms with Crippen molar-refractivity contribution in [1.82, 2.24) is 10.2 Å². The molecule has 9 nitrogen and oxygen atoms in total. The summed E-state index contributed by atoms with van der Waals surface area (Å²) in [6.07, 6.45) is 1.70. The lowest BCUT2D eigenvalue weighted by Crippen LogP contribution is -2.51. The number of ether oxygens (including phenoxy) is 2. The summed E-state index contributed by atoms with van der Waals surface area (Å²) in [5, 5.41) is 3.25. The van der Waals surface area contributed by atoms with Crippen LogP contribution in [0.5, 0.6) is 11.5 Å². The van der Waals surface area contributed by atoms with Gasteiger partial charge in [0.25, 0.3) is 10.0 Å². The molecular formula is C31H38ClN3O6S. The van der Waals surface area contributed by atoms with Crippen LogP contribution in [-0.2, 0) is 26.2 Å². The van der Waals surface area contributed by atoms with Gasteiger partial charge < -0.3 is 19.7 Å². The molecule has 0 saturated heterocycles. The van der Waals surface area contributed by atoms with E-state index >= 15 is 0 Å². The molecule has 1 N–H and O–H groups in total. The van der Waals surface area contributed by atoms with Crippen molar-refractivity contribution >= 4 is 39.1 Å². The fourth-order valence-electron chi connectivity index (χ4n) is 4.23. The Morgan fingerprint density at radius 1 is 0.976 bits per heavy atom. The van der Waals surface area contributed by atoms with E-state index in [1.54, 1.807) is 69.5 Å². The molecule has 2 amide bonds. The predicted molar refractivity (Wildman–Crippen MR) is 165 cm³/mol. The number of anilines is 1. The number of rotatable bonds is 15. The van der Waals surface area contributed by atoms with Crippen molar-refractivity contribution in [2.24, 2.45) is 0 Å². The number of para-hydroxylation sites is 2. The number of nitrogens with zero attached hydrogens (tertiary/aromatic N) is 2. The summed E-state index contributed by atoms with van der Waals surface area (Å²) in [5.74, 6) is 0.0621. The standard InChI is InChI=1S/C31H38ClN3O6S/c1-5-7-20-33-31(37)23(3)34(21-24-12-16-26(40-4)17-13-24)30(36)22-35(28-10-8-9-11-29(28)41-6-2)42(38,39)27-18-14-25(32)15-19-27/h8-19,23H,5-7,20-22H2,1-4H3,(H,33,37)/t23-/m0/s1. The zero-order chi connectivity index (χ0) is 30.7. The number of methoxy groups -OCH3 is 1. The maximum atomic E-state index is 14.1. The fraction of sp³-hybridized carbons (Fsp3) is 0.355. The van der Waals surface area contributed by atoms with Gasteiger partial charge in [-0.15, -0.1) is 0 Å². The van der Waals surface area contributed by atoms with Crippen LogP contribution in [0.2, 0.25) is 5.02 Å². The summed E-state index contributed by atoms with van der Waals surface area (Å²) >= 11 is 6.02. The molecule has 0 fully saturated rings. The number of halogens is 1. The first-order chi connectivity index (χ1) is 20.1. The van der Waals surface area contributed by atoms with Crippen LogP contribution in [0, 0.1) is 0 Å². The van der Waals surface area contributed by atoms with E-state index < -0.39 is 28.5 Å². The molecule has 0 spiro atoms. The predicted octanol–water partition coefficient (Wildman–Crippen LogP) is 5.28. The number of unbranched alkanes of at least 4 members (excludes halogenated alkanes) is 1. The number of amides is 2. The zero-order valence-electron chi connectivity index (χ0n) is 24.4. The third-order valence-electron chi connectivity index (χ3n) is 6.62. The van der Waals surface area contributed by atoms with E-state index in [0.29, 0.717) is 29.7 Å². The molecule has 0 aliphatic heterocycles. The topological polar surface area (TPSA) is 105 Å². The van der Waals surface area contributed by atoms with Crippen molar-refractivity contribution in [3.63, 3.8) is 0 Å². The average molecular weight is 616 g/mol. The fourth-order valence-corrected chi connectivity index (χ4v) is 5.78. The summed E-state index contributed by atoms with van der Waals surface area (Å²) < 4.78 is 40.1. The van der Waals surface area contributed by atoms with Gasteiger partial charge in [-0.25, -0.2) is 8.42 Å². The van der Waals surface area contributed by atoms with Gasteiger partial charge >= 0.3 is 0 Å². The van der Waals surface area contributed by atoms with Crippen molar-refractivity contribution in [3.8, 4) is 11.5 Å². The van der Waals surface area contributed by atoms with Crippen LogP contribution < -0.4 is 19.1 Å². The molecule has 226 valence electrons.